The van der Waals surface area contributed by atoms with Gasteiger partial charge in [0.2, 0.25) is 11.8 Å². The van der Waals surface area contributed by atoms with Gasteiger partial charge in [-0.05, 0) is 30.7 Å². The molecule has 0 spiro atoms. The van der Waals surface area contributed by atoms with Crippen LogP contribution < -0.4 is 10.1 Å². The van der Waals surface area contributed by atoms with Gasteiger partial charge in [-0.15, -0.1) is 0 Å². The third-order valence-electron chi connectivity index (χ3n) is 4.80. The monoisotopic (exact) mass is 351 g/mol. The molecule has 1 fully saturated rings. The first-order valence-corrected chi connectivity index (χ1v) is 8.35. The molecule has 3 heterocycles. The normalized spacial score (nSPS) is 19.3. The van der Waals surface area contributed by atoms with Gasteiger partial charge in [0, 0.05) is 29.3 Å². The second-order valence-corrected chi connectivity index (χ2v) is 6.32. The van der Waals surface area contributed by atoms with E-state index < -0.39 is 11.9 Å². The largest absolute Gasteiger partial charge is 0.496 e. The van der Waals surface area contributed by atoms with Crippen LogP contribution in [0.5, 0.6) is 5.75 Å². The molecule has 132 valence electrons. The number of aromatic nitrogens is 1. The Hall–Kier alpha value is -3.22. The van der Waals surface area contributed by atoms with Crippen LogP contribution in [0.3, 0.4) is 0 Å². The Morgan fingerprint density at radius 2 is 2.08 bits per heavy atom. The molecule has 4 rings (SSSR count). The van der Waals surface area contributed by atoms with Gasteiger partial charge in [0.05, 0.1) is 19.3 Å². The molecule has 2 aliphatic heterocycles. The van der Waals surface area contributed by atoms with Crippen LogP contribution in [0.15, 0.2) is 36.5 Å². The molecule has 2 aliphatic rings. The predicted octanol–water partition coefficient (Wildman–Crippen LogP) is 1.52. The molecular formula is C19H17N3O4. The first kappa shape index (κ1) is 16.3. The number of hydrogen-bond donors (Lipinski definition) is 1. The van der Waals surface area contributed by atoms with E-state index in [9.17, 15) is 14.4 Å². The summed E-state index contributed by atoms with van der Waals surface area (Å²) in [5.74, 6) is -0.367. The highest BCUT2D eigenvalue weighted by molar-refractivity contribution is 6.06. The van der Waals surface area contributed by atoms with Crippen LogP contribution in [-0.4, -0.2) is 40.8 Å². The number of nitrogens with zero attached hydrogens (tertiary/aromatic N) is 2. The lowest BCUT2D eigenvalue weighted by molar-refractivity contribution is -0.136. The summed E-state index contributed by atoms with van der Waals surface area (Å²) >= 11 is 0. The smallest absolute Gasteiger partial charge is 0.255 e. The average molecular weight is 351 g/mol. The third kappa shape index (κ3) is 2.61. The second-order valence-electron chi connectivity index (χ2n) is 6.32. The second kappa shape index (κ2) is 6.25. The number of fused-ring (bicyclic) bond motifs is 1. The summed E-state index contributed by atoms with van der Waals surface area (Å²) < 4.78 is 5.49. The van der Waals surface area contributed by atoms with Gasteiger partial charge in [-0.3, -0.25) is 24.7 Å². The van der Waals surface area contributed by atoms with E-state index in [1.54, 1.807) is 19.4 Å². The molecule has 0 aliphatic carbocycles. The SMILES string of the molecule is COc1cc(-c2ccccn2)cc2c1CN(C1CCC(=O)NC1=O)C2=O. The predicted molar refractivity (Wildman–Crippen MR) is 92.3 cm³/mol. The first-order valence-electron chi connectivity index (χ1n) is 8.35. The first-order chi connectivity index (χ1) is 12.6. The fourth-order valence-corrected chi connectivity index (χ4v) is 3.49. The minimum absolute atomic E-state index is 0.229. The fraction of sp³-hybridized carbons (Fsp3) is 0.263. The van der Waals surface area contributed by atoms with Crippen LogP contribution in [0.4, 0.5) is 0 Å². The van der Waals surface area contributed by atoms with Gasteiger partial charge < -0.3 is 9.64 Å². The van der Waals surface area contributed by atoms with Crippen molar-refractivity contribution < 1.29 is 19.1 Å². The highest BCUT2D eigenvalue weighted by Gasteiger charge is 2.40. The molecule has 3 amide bonds. The number of benzene rings is 1. The number of nitrogens with one attached hydrogen (secondary N) is 1. The van der Waals surface area contributed by atoms with E-state index in [2.05, 4.69) is 10.3 Å². The summed E-state index contributed by atoms with van der Waals surface area (Å²) in [6, 6.07) is 8.55. The van der Waals surface area contributed by atoms with Gasteiger partial charge in [0.1, 0.15) is 11.8 Å². The maximum atomic E-state index is 13.0. The van der Waals surface area contributed by atoms with Crippen molar-refractivity contribution in [3.05, 3.63) is 47.7 Å². The number of ether oxygens (including phenoxy) is 1. The number of pyridine rings is 1. The van der Waals surface area contributed by atoms with E-state index in [1.165, 1.54) is 4.90 Å². The summed E-state index contributed by atoms with van der Waals surface area (Å²) in [6.45, 7) is 0.284. The zero-order chi connectivity index (χ0) is 18.3. The standard InChI is InChI=1S/C19H17N3O4/c1-26-16-9-11(14-4-2-3-7-20-14)8-12-13(16)10-22(19(12)25)15-5-6-17(23)21-18(15)24/h2-4,7-9,15H,5-6,10H2,1H3,(H,21,23,24). The van der Waals surface area contributed by atoms with E-state index in [4.69, 9.17) is 4.74 Å². The van der Waals surface area contributed by atoms with E-state index in [-0.39, 0.29) is 24.8 Å². The Labute approximate surface area is 150 Å². The van der Waals surface area contributed by atoms with Crippen LogP contribution >= 0.6 is 0 Å². The van der Waals surface area contributed by atoms with Crippen LogP contribution in [0, 0.1) is 0 Å². The van der Waals surface area contributed by atoms with Gasteiger partial charge in [-0.25, -0.2) is 0 Å². The molecule has 1 aromatic heterocycles. The molecule has 1 aromatic carbocycles. The lowest BCUT2D eigenvalue weighted by Gasteiger charge is -2.29. The number of methoxy groups -OCH3 is 1. The summed E-state index contributed by atoms with van der Waals surface area (Å²) in [5, 5.41) is 2.31. The van der Waals surface area contributed by atoms with E-state index >= 15 is 0 Å². The molecule has 7 heteroatoms. The number of carbonyl (C=O) groups excluding carboxylic acids is 3. The Balaban J connectivity index is 1.72. The summed E-state index contributed by atoms with van der Waals surface area (Å²) in [6.07, 6.45) is 2.25. The van der Waals surface area contributed by atoms with Crippen molar-refractivity contribution in [1.29, 1.82) is 0 Å². The number of rotatable bonds is 3. The summed E-state index contributed by atoms with van der Waals surface area (Å²) in [4.78, 5) is 42.3. The van der Waals surface area contributed by atoms with Gasteiger partial charge >= 0.3 is 0 Å². The Bertz CT molecular complexity index is 911. The third-order valence-corrected chi connectivity index (χ3v) is 4.80. The topological polar surface area (TPSA) is 88.6 Å². The molecular weight excluding hydrogens is 334 g/mol. The van der Waals surface area contributed by atoms with E-state index in [0.717, 1.165) is 16.8 Å². The molecule has 7 nitrogen and oxygen atoms in total. The molecule has 1 N–H and O–H groups in total. The molecule has 1 saturated heterocycles. The van der Waals surface area contributed by atoms with Gasteiger partial charge in [-0.1, -0.05) is 6.07 Å². The molecule has 1 unspecified atom stereocenters. The van der Waals surface area contributed by atoms with Crippen molar-refractivity contribution in [2.45, 2.75) is 25.4 Å². The summed E-state index contributed by atoms with van der Waals surface area (Å²) in [7, 11) is 1.55. The number of hydrogen-bond acceptors (Lipinski definition) is 5. The Morgan fingerprint density at radius 1 is 1.23 bits per heavy atom. The van der Waals surface area contributed by atoms with Crippen molar-refractivity contribution in [2.24, 2.45) is 0 Å². The molecule has 0 bridgehead atoms. The molecule has 2 aromatic rings. The van der Waals surface area contributed by atoms with E-state index in [1.807, 2.05) is 24.3 Å². The van der Waals surface area contributed by atoms with Gasteiger partial charge in [-0.2, -0.15) is 0 Å². The van der Waals surface area contributed by atoms with Crippen molar-refractivity contribution in [1.82, 2.24) is 15.2 Å². The average Bonchev–Trinajstić information content (AvgIpc) is 2.98. The maximum Gasteiger partial charge on any atom is 0.255 e. The molecule has 0 saturated carbocycles. The number of amides is 3. The molecule has 26 heavy (non-hydrogen) atoms. The number of piperidine rings is 1. The maximum absolute atomic E-state index is 13.0. The molecule has 1 atom stereocenters. The molecule has 0 radical (unpaired) electrons. The van der Waals surface area contributed by atoms with Crippen molar-refractivity contribution >= 4 is 17.7 Å². The Kier molecular flexibility index (Phi) is 3.91. The van der Waals surface area contributed by atoms with Crippen molar-refractivity contribution in [2.75, 3.05) is 7.11 Å². The highest BCUT2D eigenvalue weighted by Crippen LogP contribution is 2.37. The number of carbonyl (C=O) groups is 3. The fourth-order valence-electron chi connectivity index (χ4n) is 3.49. The van der Waals surface area contributed by atoms with E-state index in [0.29, 0.717) is 17.7 Å². The zero-order valence-corrected chi connectivity index (χ0v) is 14.2. The Morgan fingerprint density at radius 3 is 2.77 bits per heavy atom. The minimum atomic E-state index is -0.643. The quantitative estimate of drug-likeness (QED) is 0.847. The summed E-state index contributed by atoms with van der Waals surface area (Å²) in [5.41, 5.74) is 2.78. The zero-order valence-electron chi connectivity index (χ0n) is 14.2. The lowest BCUT2D eigenvalue weighted by Crippen LogP contribution is -2.52. The lowest BCUT2D eigenvalue weighted by atomic mass is 10.0. The van der Waals surface area contributed by atoms with Gasteiger partial charge in [0.15, 0.2) is 0 Å². The van der Waals surface area contributed by atoms with Crippen molar-refractivity contribution in [3.63, 3.8) is 0 Å². The highest BCUT2D eigenvalue weighted by atomic mass is 16.5. The van der Waals surface area contributed by atoms with Crippen LogP contribution in [0.25, 0.3) is 11.3 Å². The van der Waals surface area contributed by atoms with Crippen LogP contribution in [0.1, 0.15) is 28.8 Å². The van der Waals surface area contributed by atoms with Crippen molar-refractivity contribution in [3.8, 4) is 17.0 Å². The van der Waals surface area contributed by atoms with Crippen LogP contribution in [0.2, 0.25) is 0 Å². The minimum Gasteiger partial charge on any atom is -0.496 e. The number of imide groups is 1. The van der Waals surface area contributed by atoms with Gasteiger partial charge in [0.25, 0.3) is 5.91 Å². The van der Waals surface area contributed by atoms with Crippen LogP contribution in [-0.2, 0) is 16.1 Å².